The van der Waals surface area contributed by atoms with E-state index in [1.54, 1.807) is 36.5 Å². The number of thiazole rings is 1. The number of amides is 1. The molecule has 3 heterocycles. The number of nitrogens with zero attached hydrogens (tertiary/aromatic N) is 4. The molecule has 2 aromatic carbocycles. The van der Waals surface area contributed by atoms with Crippen molar-refractivity contribution in [1.29, 1.82) is 0 Å². The van der Waals surface area contributed by atoms with Crippen molar-refractivity contribution < 1.29 is 9.90 Å². The van der Waals surface area contributed by atoms with Crippen LogP contribution in [0.3, 0.4) is 0 Å². The van der Waals surface area contributed by atoms with Crippen LogP contribution < -0.4 is 11.0 Å². The number of hydrazone groups is 1. The monoisotopic (exact) mass is 473 g/mol. The van der Waals surface area contributed by atoms with E-state index in [0.717, 1.165) is 14.6 Å². The van der Waals surface area contributed by atoms with Gasteiger partial charge in [-0.25, -0.2) is 15.4 Å². The summed E-state index contributed by atoms with van der Waals surface area (Å²) in [6, 6.07) is 19.2. The quantitative estimate of drug-likeness (QED) is 0.227. The summed E-state index contributed by atoms with van der Waals surface area (Å²) >= 11 is 2.77. The number of pyridine rings is 1. The molecule has 8 nitrogen and oxygen atoms in total. The van der Waals surface area contributed by atoms with E-state index in [-0.39, 0.29) is 22.4 Å². The van der Waals surface area contributed by atoms with Gasteiger partial charge in [0.25, 0.3) is 11.5 Å². The maximum absolute atomic E-state index is 13.2. The summed E-state index contributed by atoms with van der Waals surface area (Å²) in [6.07, 6.45) is 2.89. The van der Waals surface area contributed by atoms with Crippen LogP contribution in [0, 0.1) is 0 Å². The van der Waals surface area contributed by atoms with Crippen molar-refractivity contribution in [3.63, 3.8) is 0 Å². The van der Waals surface area contributed by atoms with Crippen LogP contribution in [0.25, 0.3) is 15.9 Å². The molecule has 3 aromatic heterocycles. The van der Waals surface area contributed by atoms with Gasteiger partial charge in [-0.05, 0) is 48.2 Å². The van der Waals surface area contributed by atoms with Crippen molar-refractivity contribution in [1.82, 2.24) is 19.8 Å². The lowest BCUT2D eigenvalue weighted by Gasteiger charge is -2.06. The van der Waals surface area contributed by atoms with Gasteiger partial charge in [0, 0.05) is 6.20 Å². The lowest BCUT2D eigenvalue weighted by atomic mass is 10.2. The molecule has 2 N–H and O–H groups in total. The number of phenols is 1. The van der Waals surface area contributed by atoms with Gasteiger partial charge in [-0.1, -0.05) is 30.3 Å². The Morgan fingerprint density at radius 1 is 1.06 bits per heavy atom. The van der Waals surface area contributed by atoms with E-state index in [1.165, 1.54) is 45.8 Å². The molecule has 162 valence electrons. The van der Waals surface area contributed by atoms with E-state index in [0.29, 0.717) is 10.7 Å². The summed E-state index contributed by atoms with van der Waals surface area (Å²) in [4.78, 5) is 34.7. The van der Waals surface area contributed by atoms with Crippen molar-refractivity contribution in [2.45, 2.75) is 9.37 Å². The van der Waals surface area contributed by atoms with Crippen LogP contribution in [0.4, 0.5) is 0 Å². The number of benzene rings is 2. The SMILES string of the molecule is O=C(N/N=C/c1c(Sc2nc3ccccc3s2)nc2ccccn2c1=O)c1ccccc1O. The topological polar surface area (TPSA) is 109 Å². The highest BCUT2D eigenvalue weighted by Crippen LogP contribution is 2.34. The first-order valence-electron chi connectivity index (χ1n) is 9.76. The molecular weight excluding hydrogens is 458 g/mol. The fourth-order valence-electron chi connectivity index (χ4n) is 3.13. The fraction of sp³-hybridized carbons (Fsp3) is 0. The third-order valence-corrected chi connectivity index (χ3v) is 6.80. The van der Waals surface area contributed by atoms with E-state index < -0.39 is 5.91 Å². The summed E-state index contributed by atoms with van der Waals surface area (Å²) in [5, 5.41) is 14.2. The van der Waals surface area contributed by atoms with E-state index in [9.17, 15) is 14.7 Å². The number of fused-ring (bicyclic) bond motifs is 2. The molecule has 5 rings (SSSR count). The second-order valence-electron chi connectivity index (χ2n) is 6.83. The lowest BCUT2D eigenvalue weighted by molar-refractivity contribution is 0.0952. The van der Waals surface area contributed by atoms with Crippen LogP contribution in [-0.2, 0) is 0 Å². The predicted octanol–water partition coefficient (Wildman–Crippen LogP) is 3.92. The maximum Gasteiger partial charge on any atom is 0.275 e. The Bertz CT molecular complexity index is 1560. The molecule has 5 aromatic rings. The Kier molecular flexibility index (Phi) is 5.59. The first-order valence-corrected chi connectivity index (χ1v) is 11.4. The molecule has 0 fully saturated rings. The van der Waals surface area contributed by atoms with E-state index >= 15 is 0 Å². The van der Waals surface area contributed by atoms with E-state index in [4.69, 9.17) is 0 Å². The van der Waals surface area contributed by atoms with Gasteiger partial charge in [0.2, 0.25) is 0 Å². The lowest BCUT2D eigenvalue weighted by Crippen LogP contribution is -2.23. The van der Waals surface area contributed by atoms with Crippen molar-refractivity contribution in [3.8, 4) is 5.75 Å². The molecule has 0 bridgehead atoms. The number of phenolic OH excluding ortho intramolecular Hbond substituents is 1. The Morgan fingerprint density at radius 3 is 2.70 bits per heavy atom. The maximum atomic E-state index is 13.2. The second-order valence-corrected chi connectivity index (χ2v) is 9.10. The minimum absolute atomic E-state index is 0.0760. The zero-order valence-corrected chi connectivity index (χ0v) is 18.5. The summed E-state index contributed by atoms with van der Waals surface area (Å²) < 4.78 is 3.17. The molecule has 0 radical (unpaired) electrons. The molecule has 0 unspecified atom stereocenters. The average Bonchev–Trinajstić information content (AvgIpc) is 3.23. The van der Waals surface area contributed by atoms with Gasteiger partial charge in [0.05, 0.1) is 27.6 Å². The van der Waals surface area contributed by atoms with Crippen LogP contribution >= 0.6 is 23.1 Å². The summed E-state index contributed by atoms with van der Waals surface area (Å²) in [5.74, 6) is -0.761. The minimum Gasteiger partial charge on any atom is -0.507 e. The highest BCUT2D eigenvalue weighted by atomic mass is 32.2. The first kappa shape index (κ1) is 20.9. The van der Waals surface area contributed by atoms with Crippen LogP contribution in [0.5, 0.6) is 5.75 Å². The fourth-order valence-corrected chi connectivity index (χ4v) is 5.20. The zero-order chi connectivity index (χ0) is 22.8. The van der Waals surface area contributed by atoms with Crippen LogP contribution in [0.1, 0.15) is 15.9 Å². The van der Waals surface area contributed by atoms with Crippen LogP contribution in [-0.4, -0.2) is 31.6 Å². The van der Waals surface area contributed by atoms with Crippen molar-refractivity contribution in [3.05, 3.63) is 94.4 Å². The number of para-hydroxylation sites is 2. The van der Waals surface area contributed by atoms with E-state index in [1.807, 2.05) is 24.3 Å². The molecule has 0 aliphatic carbocycles. The van der Waals surface area contributed by atoms with Gasteiger partial charge in [0.15, 0.2) is 4.34 Å². The smallest absolute Gasteiger partial charge is 0.275 e. The third kappa shape index (κ3) is 4.21. The molecule has 10 heteroatoms. The molecule has 0 saturated carbocycles. The molecule has 0 atom stereocenters. The summed E-state index contributed by atoms with van der Waals surface area (Å²) in [6.45, 7) is 0. The van der Waals surface area contributed by atoms with Crippen molar-refractivity contribution in [2.24, 2.45) is 5.10 Å². The normalized spacial score (nSPS) is 11.4. The minimum atomic E-state index is -0.599. The number of carbonyl (C=O) groups is 1. The zero-order valence-electron chi connectivity index (χ0n) is 16.9. The highest BCUT2D eigenvalue weighted by molar-refractivity contribution is 8.01. The van der Waals surface area contributed by atoms with Gasteiger partial charge in [-0.2, -0.15) is 5.10 Å². The van der Waals surface area contributed by atoms with Crippen LogP contribution in [0.15, 0.2) is 92.2 Å². The molecule has 0 aliphatic heterocycles. The standard InChI is InChI=1S/C23H15N5O3S2/c29-17-9-3-1-7-14(17)20(30)27-24-13-15-21(26-19-11-5-6-12-28(19)22(15)31)33-23-25-16-8-2-4-10-18(16)32-23/h1-13,29H,(H,27,30)/b24-13+. The summed E-state index contributed by atoms with van der Waals surface area (Å²) in [7, 11) is 0. The van der Waals surface area contributed by atoms with Gasteiger partial charge in [-0.15, -0.1) is 11.3 Å². The van der Waals surface area contributed by atoms with E-state index in [2.05, 4.69) is 20.5 Å². The van der Waals surface area contributed by atoms with Crippen molar-refractivity contribution in [2.75, 3.05) is 0 Å². The Morgan fingerprint density at radius 2 is 1.85 bits per heavy atom. The predicted molar refractivity (Wildman–Crippen MR) is 128 cm³/mol. The van der Waals surface area contributed by atoms with Crippen molar-refractivity contribution >= 4 is 51.1 Å². The Labute approximate surface area is 195 Å². The molecule has 0 spiro atoms. The number of carbonyl (C=O) groups excluding carboxylic acids is 1. The second kappa shape index (κ2) is 8.85. The largest absolute Gasteiger partial charge is 0.507 e. The first-order chi connectivity index (χ1) is 16.1. The Balaban J connectivity index is 1.51. The molecule has 1 amide bonds. The van der Waals surface area contributed by atoms with Gasteiger partial charge < -0.3 is 5.11 Å². The Hall–Kier alpha value is -4.02. The average molecular weight is 474 g/mol. The summed E-state index contributed by atoms with van der Waals surface area (Å²) in [5.41, 5.74) is 3.66. The number of aromatic hydroxyl groups is 1. The number of nitrogens with one attached hydrogen (secondary N) is 1. The molecule has 33 heavy (non-hydrogen) atoms. The number of aromatic nitrogens is 3. The molecule has 0 saturated heterocycles. The number of rotatable bonds is 5. The highest BCUT2D eigenvalue weighted by Gasteiger charge is 2.16. The number of hydrogen-bond donors (Lipinski definition) is 2. The van der Waals surface area contributed by atoms with Gasteiger partial charge in [0.1, 0.15) is 16.4 Å². The molecule has 0 aliphatic rings. The number of hydrogen-bond acceptors (Lipinski definition) is 8. The van der Waals surface area contributed by atoms with Gasteiger partial charge in [-0.3, -0.25) is 14.0 Å². The van der Waals surface area contributed by atoms with Crippen LogP contribution in [0.2, 0.25) is 0 Å². The molecular formula is C23H15N5O3S2. The van der Waals surface area contributed by atoms with Gasteiger partial charge >= 0.3 is 0 Å². The third-order valence-electron chi connectivity index (χ3n) is 4.70.